The monoisotopic (exact) mass is 211 g/mol. The molecule has 1 aliphatic rings. The van der Waals surface area contributed by atoms with Crippen LogP contribution in [0.25, 0.3) is 5.95 Å². The van der Waals surface area contributed by atoms with Crippen LogP contribution in [0, 0.1) is 11.3 Å². The van der Waals surface area contributed by atoms with Crippen LogP contribution < -0.4 is 0 Å². The number of nitriles is 1. The summed E-state index contributed by atoms with van der Waals surface area (Å²) in [6, 6.07) is 3.89. The van der Waals surface area contributed by atoms with Crippen molar-refractivity contribution in [1.29, 1.82) is 5.26 Å². The Bertz CT molecular complexity index is 564. The maximum absolute atomic E-state index is 9.00. The average Bonchev–Trinajstić information content (AvgIpc) is 2.91. The molecule has 0 aliphatic heterocycles. The van der Waals surface area contributed by atoms with Gasteiger partial charge in [0.05, 0.1) is 5.69 Å². The molecule has 2 heterocycles. The van der Waals surface area contributed by atoms with Crippen LogP contribution in [0.1, 0.15) is 23.4 Å². The molecule has 0 bridgehead atoms. The number of fused-ring (bicyclic) bond motifs is 1. The minimum absolute atomic E-state index is 0.514. The van der Waals surface area contributed by atoms with E-state index in [4.69, 9.17) is 5.26 Å². The van der Waals surface area contributed by atoms with Gasteiger partial charge in [0.15, 0.2) is 5.69 Å². The zero-order valence-corrected chi connectivity index (χ0v) is 8.59. The summed E-state index contributed by atoms with van der Waals surface area (Å²) >= 11 is 0. The zero-order chi connectivity index (χ0) is 11.0. The molecule has 0 fully saturated rings. The first-order valence-electron chi connectivity index (χ1n) is 5.18. The van der Waals surface area contributed by atoms with Crippen LogP contribution in [0.5, 0.6) is 0 Å². The first-order chi connectivity index (χ1) is 7.90. The molecule has 5 heteroatoms. The fourth-order valence-corrected chi connectivity index (χ4v) is 2.09. The van der Waals surface area contributed by atoms with E-state index in [1.807, 2.05) is 0 Å². The van der Waals surface area contributed by atoms with Crippen molar-refractivity contribution in [1.82, 2.24) is 19.7 Å². The molecule has 2 aromatic rings. The van der Waals surface area contributed by atoms with Crippen molar-refractivity contribution in [2.75, 3.05) is 0 Å². The van der Waals surface area contributed by atoms with Gasteiger partial charge in [-0.2, -0.15) is 10.4 Å². The first kappa shape index (κ1) is 9.04. The van der Waals surface area contributed by atoms with E-state index in [0.717, 1.165) is 30.5 Å². The van der Waals surface area contributed by atoms with Gasteiger partial charge in [-0.15, -0.1) is 0 Å². The molecule has 0 unspecified atom stereocenters. The van der Waals surface area contributed by atoms with Crippen molar-refractivity contribution in [2.45, 2.75) is 19.3 Å². The molecule has 0 radical (unpaired) electrons. The maximum atomic E-state index is 9.00. The van der Waals surface area contributed by atoms with Crippen LogP contribution in [0.15, 0.2) is 18.5 Å². The quantitative estimate of drug-likeness (QED) is 0.706. The Morgan fingerprint density at radius 2 is 2.06 bits per heavy atom. The molecule has 1 aliphatic carbocycles. The Morgan fingerprint density at radius 1 is 1.25 bits per heavy atom. The molecule has 0 aromatic carbocycles. The summed E-state index contributed by atoms with van der Waals surface area (Å²) < 4.78 is 1.70. The summed E-state index contributed by atoms with van der Waals surface area (Å²) in [7, 11) is 0. The molecular weight excluding hydrogens is 202 g/mol. The minimum atomic E-state index is 0.514. The molecule has 2 aromatic heterocycles. The van der Waals surface area contributed by atoms with Crippen molar-refractivity contribution in [3.63, 3.8) is 0 Å². The zero-order valence-electron chi connectivity index (χ0n) is 8.59. The lowest BCUT2D eigenvalue weighted by atomic mass is 10.2. The van der Waals surface area contributed by atoms with Gasteiger partial charge in [-0.05, 0) is 25.3 Å². The molecule has 0 saturated heterocycles. The van der Waals surface area contributed by atoms with Gasteiger partial charge in [0.25, 0.3) is 5.95 Å². The van der Waals surface area contributed by atoms with Gasteiger partial charge in [-0.3, -0.25) is 0 Å². The lowest BCUT2D eigenvalue weighted by Gasteiger charge is -2.01. The predicted octanol–water partition coefficient (Wildman–Crippen LogP) is 1.02. The van der Waals surface area contributed by atoms with Crippen molar-refractivity contribution in [3.8, 4) is 12.0 Å². The average molecular weight is 211 g/mol. The molecule has 78 valence electrons. The smallest absolute Gasteiger partial charge is 0.220 e. The van der Waals surface area contributed by atoms with Gasteiger partial charge in [-0.1, -0.05) is 0 Å². The largest absolute Gasteiger partial charge is 0.250 e. The van der Waals surface area contributed by atoms with E-state index in [0.29, 0.717) is 11.6 Å². The van der Waals surface area contributed by atoms with Gasteiger partial charge in [-0.25, -0.2) is 14.6 Å². The summed E-state index contributed by atoms with van der Waals surface area (Å²) in [6.07, 6.45) is 6.32. The van der Waals surface area contributed by atoms with Gasteiger partial charge in [0, 0.05) is 18.0 Å². The van der Waals surface area contributed by atoms with Crippen LogP contribution in [0.3, 0.4) is 0 Å². The number of hydrogen-bond donors (Lipinski definition) is 0. The Morgan fingerprint density at radius 3 is 2.81 bits per heavy atom. The van der Waals surface area contributed by atoms with Crippen LogP contribution in [0.2, 0.25) is 0 Å². The highest BCUT2D eigenvalue weighted by atomic mass is 15.4. The highest BCUT2D eigenvalue weighted by Crippen LogP contribution is 2.25. The van der Waals surface area contributed by atoms with Crippen molar-refractivity contribution >= 4 is 0 Å². The van der Waals surface area contributed by atoms with Crippen LogP contribution >= 0.6 is 0 Å². The highest BCUT2D eigenvalue weighted by molar-refractivity contribution is 5.40. The fraction of sp³-hybridized carbons (Fsp3) is 0.273. The SMILES string of the molecule is N#Cc1nn(-c2ncccn2)c2c1CCC2. The summed E-state index contributed by atoms with van der Waals surface area (Å²) in [5, 5.41) is 13.2. The van der Waals surface area contributed by atoms with E-state index >= 15 is 0 Å². The standard InChI is InChI=1S/C11H9N5/c12-7-9-8-3-1-4-10(8)16(15-9)11-13-5-2-6-14-11/h2,5-6H,1,3-4H2. The fourth-order valence-electron chi connectivity index (χ4n) is 2.09. The molecule has 0 N–H and O–H groups in total. The summed E-state index contributed by atoms with van der Waals surface area (Å²) in [5.41, 5.74) is 2.66. The molecule has 3 rings (SSSR count). The van der Waals surface area contributed by atoms with Gasteiger partial charge in [0.1, 0.15) is 6.07 Å². The van der Waals surface area contributed by atoms with Crippen molar-refractivity contribution in [3.05, 3.63) is 35.4 Å². The van der Waals surface area contributed by atoms with Crippen LogP contribution in [-0.2, 0) is 12.8 Å². The second-order valence-corrected chi connectivity index (χ2v) is 3.70. The third-order valence-electron chi connectivity index (χ3n) is 2.78. The normalized spacial score (nSPS) is 13.4. The summed E-state index contributed by atoms with van der Waals surface area (Å²) in [6.45, 7) is 0. The van der Waals surface area contributed by atoms with Crippen LogP contribution in [-0.4, -0.2) is 19.7 Å². The molecule has 5 nitrogen and oxygen atoms in total. The lowest BCUT2D eigenvalue weighted by molar-refractivity contribution is 0.740. The molecular formula is C11H9N5. The second kappa shape index (κ2) is 3.42. The molecule has 0 atom stereocenters. The maximum Gasteiger partial charge on any atom is 0.250 e. The van der Waals surface area contributed by atoms with E-state index < -0.39 is 0 Å². The molecule has 0 saturated carbocycles. The van der Waals surface area contributed by atoms with Crippen molar-refractivity contribution < 1.29 is 0 Å². The highest BCUT2D eigenvalue weighted by Gasteiger charge is 2.23. The van der Waals surface area contributed by atoms with Crippen LogP contribution in [0.4, 0.5) is 0 Å². The molecule has 0 amide bonds. The number of rotatable bonds is 1. The van der Waals surface area contributed by atoms with Gasteiger partial charge >= 0.3 is 0 Å². The van der Waals surface area contributed by atoms with E-state index in [-0.39, 0.29) is 0 Å². The summed E-state index contributed by atoms with van der Waals surface area (Å²) in [4.78, 5) is 8.31. The number of aromatic nitrogens is 4. The first-order valence-corrected chi connectivity index (χ1v) is 5.18. The molecule has 16 heavy (non-hydrogen) atoms. The lowest BCUT2D eigenvalue weighted by Crippen LogP contribution is -2.05. The van der Waals surface area contributed by atoms with Crippen molar-refractivity contribution in [2.24, 2.45) is 0 Å². The Kier molecular flexibility index (Phi) is 1.93. The van der Waals surface area contributed by atoms with E-state index in [9.17, 15) is 0 Å². The number of nitrogens with zero attached hydrogens (tertiary/aromatic N) is 5. The number of hydrogen-bond acceptors (Lipinski definition) is 4. The van der Waals surface area contributed by atoms with E-state index in [1.165, 1.54) is 0 Å². The minimum Gasteiger partial charge on any atom is -0.220 e. The topological polar surface area (TPSA) is 67.4 Å². The molecule has 0 spiro atoms. The van der Waals surface area contributed by atoms with Gasteiger partial charge < -0.3 is 0 Å². The van der Waals surface area contributed by atoms with E-state index in [2.05, 4.69) is 21.1 Å². The summed E-state index contributed by atoms with van der Waals surface area (Å²) in [5.74, 6) is 0.544. The predicted molar refractivity (Wildman–Crippen MR) is 55.9 cm³/mol. The third-order valence-corrected chi connectivity index (χ3v) is 2.78. The third kappa shape index (κ3) is 1.20. The van der Waals surface area contributed by atoms with Gasteiger partial charge in [0.2, 0.25) is 0 Å². The Balaban J connectivity index is 2.20. The Hall–Kier alpha value is -2.22. The second-order valence-electron chi connectivity index (χ2n) is 3.70. The Labute approximate surface area is 92.4 Å². The van der Waals surface area contributed by atoms with E-state index in [1.54, 1.807) is 23.1 Å².